The average Bonchev–Trinajstić information content (AvgIpc) is 2.54. The summed E-state index contributed by atoms with van der Waals surface area (Å²) in [6, 6.07) is 4.49. The summed E-state index contributed by atoms with van der Waals surface area (Å²) < 4.78 is 18.9. The Labute approximate surface area is 133 Å². The van der Waals surface area contributed by atoms with Crippen LogP contribution in [0.4, 0.5) is 15.8 Å². The lowest BCUT2D eigenvalue weighted by Gasteiger charge is -2.23. The molecule has 1 aliphatic rings. The Morgan fingerprint density at radius 2 is 2.30 bits per heavy atom. The van der Waals surface area contributed by atoms with Crippen LogP contribution in [-0.2, 0) is 14.3 Å². The summed E-state index contributed by atoms with van der Waals surface area (Å²) in [5.74, 6) is -1.16. The van der Waals surface area contributed by atoms with Crippen LogP contribution in [0, 0.1) is 5.82 Å². The summed E-state index contributed by atoms with van der Waals surface area (Å²) in [7, 11) is 0. The van der Waals surface area contributed by atoms with Crippen LogP contribution < -0.4 is 10.2 Å². The van der Waals surface area contributed by atoms with Gasteiger partial charge in [-0.3, -0.25) is 4.79 Å². The Kier molecular flexibility index (Phi) is 5.70. The molecule has 2 rings (SSSR count). The number of carbonyl (C=O) groups is 2. The molecule has 23 heavy (non-hydrogen) atoms. The third-order valence-corrected chi connectivity index (χ3v) is 3.35. The number of ether oxygens (including phenoxy) is 1. The molecule has 0 spiro atoms. The van der Waals surface area contributed by atoms with Crippen LogP contribution >= 0.6 is 0 Å². The van der Waals surface area contributed by atoms with E-state index in [9.17, 15) is 19.1 Å². The summed E-state index contributed by atoms with van der Waals surface area (Å²) in [5.41, 5.74) is 0.803. The largest absolute Gasteiger partial charge is 0.464 e. The standard InChI is InChI=1S/C16H19FN2O4/c1-2-23-16(22)15(21)10-18-11-3-4-14(13(17)9-11)19-7-5-12(20)6-8-19/h3-5,7,9,15,18,21H,2,6,8,10H2,1H3. The van der Waals surface area contributed by atoms with Crippen molar-refractivity contribution >= 4 is 23.1 Å². The maximum atomic E-state index is 14.2. The van der Waals surface area contributed by atoms with Crippen molar-refractivity contribution in [1.82, 2.24) is 0 Å². The summed E-state index contributed by atoms with van der Waals surface area (Å²) in [5, 5.41) is 12.4. The van der Waals surface area contributed by atoms with E-state index >= 15 is 0 Å². The van der Waals surface area contributed by atoms with Gasteiger partial charge in [-0.05, 0) is 31.2 Å². The lowest BCUT2D eigenvalue weighted by atomic mass is 10.1. The van der Waals surface area contributed by atoms with Crippen LogP contribution in [0.1, 0.15) is 13.3 Å². The SMILES string of the molecule is CCOC(=O)C(O)CNc1ccc(N2C=CC(=O)CC2)c(F)c1. The van der Waals surface area contributed by atoms with Crippen molar-refractivity contribution in [3.63, 3.8) is 0 Å². The first-order chi connectivity index (χ1) is 11.0. The van der Waals surface area contributed by atoms with Gasteiger partial charge in [-0.1, -0.05) is 0 Å². The molecule has 1 aromatic rings. The number of hydrogen-bond acceptors (Lipinski definition) is 6. The van der Waals surface area contributed by atoms with E-state index in [0.29, 0.717) is 24.3 Å². The smallest absolute Gasteiger partial charge is 0.336 e. The highest BCUT2D eigenvalue weighted by Gasteiger charge is 2.17. The molecule has 7 heteroatoms. The van der Waals surface area contributed by atoms with Gasteiger partial charge in [-0.2, -0.15) is 0 Å². The van der Waals surface area contributed by atoms with Crippen molar-refractivity contribution in [2.24, 2.45) is 0 Å². The van der Waals surface area contributed by atoms with E-state index in [4.69, 9.17) is 0 Å². The predicted molar refractivity (Wildman–Crippen MR) is 83.6 cm³/mol. The van der Waals surface area contributed by atoms with Crippen molar-refractivity contribution in [3.8, 4) is 0 Å². The Bertz CT molecular complexity index is 618. The maximum absolute atomic E-state index is 14.2. The zero-order chi connectivity index (χ0) is 16.8. The second kappa shape index (κ2) is 7.73. The molecule has 2 N–H and O–H groups in total. The van der Waals surface area contributed by atoms with Crippen molar-refractivity contribution < 1.29 is 23.8 Å². The van der Waals surface area contributed by atoms with Gasteiger partial charge in [0.1, 0.15) is 5.82 Å². The Morgan fingerprint density at radius 3 is 2.91 bits per heavy atom. The predicted octanol–water partition coefficient (Wildman–Crippen LogP) is 1.45. The highest BCUT2D eigenvalue weighted by atomic mass is 19.1. The monoisotopic (exact) mass is 322 g/mol. The van der Waals surface area contributed by atoms with Crippen LogP contribution in [0.3, 0.4) is 0 Å². The number of aliphatic hydroxyl groups excluding tert-OH is 1. The number of allylic oxidation sites excluding steroid dienone is 1. The molecule has 124 valence electrons. The number of halogens is 1. The van der Waals surface area contributed by atoms with E-state index in [1.807, 2.05) is 0 Å². The Balaban J connectivity index is 1.98. The van der Waals surface area contributed by atoms with Gasteiger partial charge < -0.3 is 20.1 Å². The van der Waals surface area contributed by atoms with Gasteiger partial charge in [0.05, 0.1) is 18.8 Å². The Hall–Kier alpha value is -2.41. The molecule has 0 fully saturated rings. The molecular weight excluding hydrogens is 303 g/mol. The molecule has 0 saturated carbocycles. The van der Waals surface area contributed by atoms with Gasteiger partial charge in [-0.15, -0.1) is 0 Å². The van der Waals surface area contributed by atoms with Gasteiger partial charge in [0.15, 0.2) is 11.9 Å². The van der Waals surface area contributed by atoms with Gasteiger partial charge in [0.25, 0.3) is 0 Å². The normalized spacial score (nSPS) is 15.4. The first kappa shape index (κ1) is 17.0. The maximum Gasteiger partial charge on any atom is 0.336 e. The van der Waals surface area contributed by atoms with Crippen LogP contribution in [-0.4, -0.2) is 42.7 Å². The lowest BCUT2D eigenvalue weighted by molar-refractivity contribution is -0.152. The molecule has 0 saturated heterocycles. The molecule has 6 nitrogen and oxygen atoms in total. The first-order valence-corrected chi connectivity index (χ1v) is 7.37. The number of esters is 1. The molecule has 1 heterocycles. The minimum atomic E-state index is -1.31. The molecular formula is C16H19FN2O4. The van der Waals surface area contributed by atoms with Crippen LogP contribution in [0.5, 0.6) is 0 Å². The van der Waals surface area contributed by atoms with E-state index in [2.05, 4.69) is 10.1 Å². The number of nitrogens with zero attached hydrogens (tertiary/aromatic N) is 1. The van der Waals surface area contributed by atoms with E-state index in [0.717, 1.165) is 0 Å². The minimum absolute atomic E-state index is 0.0212. The molecule has 1 unspecified atom stereocenters. The number of ketones is 1. The van der Waals surface area contributed by atoms with E-state index in [1.54, 1.807) is 30.2 Å². The van der Waals surface area contributed by atoms with Gasteiger partial charge in [0, 0.05) is 24.9 Å². The molecule has 1 aliphatic heterocycles. The Morgan fingerprint density at radius 1 is 1.52 bits per heavy atom. The molecule has 0 aromatic heterocycles. The summed E-state index contributed by atoms with van der Waals surface area (Å²) in [6.07, 6.45) is 2.02. The fraction of sp³-hybridized carbons (Fsp3) is 0.375. The van der Waals surface area contributed by atoms with E-state index in [1.165, 1.54) is 12.1 Å². The number of hydrogen-bond donors (Lipinski definition) is 2. The fourth-order valence-electron chi connectivity index (χ4n) is 2.15. The number of nitrogens with one attached hydrogen (secondary N) is 1. The molecule has 0 bridgehead atoms. The van der Waals surface area contributed by atoms with Crippen LogP contribution in [0.25, 0.3) is 0 Å². The van der Waals surface area contributed by atoms with E-state index in [-0.39, 0.29) is 18.9 Å². The second-order valence-electron chi connectivity index (χ2n) is 5.04. The van der Waals surface area contributed by atoms with Gasteiger partial charge in [-0.25, -0.2) is 9.18 Å². The average molecular weight is 322 g/mol. The van der Waals surface area contributed by atoms with Crippen LogP contribution in [0.2, 0.25) is 0 Å². The topological polar surface area (TPSA) is 78.9 Å². The highest BCUT2D eigenvalue weighted by Crippen LogP contribution is 2.24. The number of rotatable bonds is 6. The summed E-state index contributed by atoms with van der Waals surface area (Å²) in [4.78, 5) is 24.1. The lowest BCUT2D eigenvalue weighted by Crippen LogP contribution is -2.30. The summed E-state index contributed by atoms with van der Waals surface area (Å²) in [6.45, 7) is 2.19. The van der Waals surface area contributed by atoms with Crippen LogP contribution in [0.15, 0.2) is 30.5 Å². The van der Waals surface area contributed by atoms with Crippen molar-refractivity contribution in [2.75, 3.05) is 29.9 Å². The summed E-state index contributed by atoms with van der Waals surface area (Å²) >= 11 is 0. The zero-order valence-corrected chi connectivity index (χ0v) is 12.8. The molecule has 0 amide bonds. The number of benzene rings is 1. The third-order valence-electron chi connectivity index (χ3n) is 3.35. The van der Waals surface area contributed by atoms with Gasteiger partial charge >= 0.3 is 5.97 Å². The number of anilines is 2. The van der Waals surface area contributed by atoms with Gasteiger partial charge in [0.2, 0.25) is 0 Å². The zero-order valence-electron chi connectivity index (χ0n) is 12.8. The second-order valence-corrected chi connectivity index (χ2v) is 5.04. The minimum Gasteiger partial charge on any atom is -0.464 e. The third kappa shape index (κ3) is 4.53. The molecule has 1 aromatic carbocycles. The molecule has 0 aliphatic carbocycles. The fourth-order valence-corrected chi connectivity index (χ4v) is 2.15. The molecule has 0 radical (unpaired) electrons. The molecule has 1 atom stereocenters. The number of carbonyl (C=O) groups excluding carboxylic acids is 2. The van der Waals surface area contributed by atoms with Crippen molar-refractivity contribution in [3.05, 3.63) is 36.3 Å². The van der Waals surface area contributed by atoms with Crippen molar-refractivity contribution in [2.45, 2.75) is 19.4 Å². The highest BCUT2D eigenvalue weighted by molar-refractivity contribution is 5.91. The number of aliphatic hydroxyl groups is 1. The van der Waals surface area contributed by atoms with Crippen molar-refractivity contribution in [1.29, 1.82) is 0 Å². The quantitative estimate of drug-likeness (QED) is 0.772. The van der Waals surface area contributed by atoms with E-state index < -0.39 is 17.9 Å². The first-order valence-electron chi connectivity index (χ1n) is 7.37.